The molecular formula is C22H26N2O4. The Morgan fingerprint density at radius 2 is 1.64 bits per heavy atom. The molecule has 1 heterocycles. The predicted molar refractivity (Wildman–Crippen MR) is 108 cm³/mol. The number of hydrogen-bond donors (Lipinski definition) is 2. The van der Waals surface area contributed by atoms with Crippen LogP contribution in [0.4, 0.5) is 5.69 Å². The van der Waals surface area contributed by atoms with Gasteiger partial charge in [0.05, 0.1) is 13.2 Å². The van der Waals surface area contributed by atoms with E-state index in [1.807, 2.05) is 32.9 Å². The maximum absolute atomic E-state index is 12.8. The van der Waals surface area contributed by atoms with E-state index in [1.54, 1.807) is 30.3 Å². The maximum Gasteiger partial charge on any atom is 0.251 e. The van der Waals surface area contributed by atoms with Crippen LogP contribution in [0.2, 0.25) is 0 Å². The van der Waals surface area contributed by atoms with Crippen molar-refractivity contribution >= 4 is 17.5 Å². The predicted octanol–water partition coefficient (Wildman–Crippen LogP) is 3.55. The molecule has 0 aromatic heterocycles. The van der Waals surface area contributed by atoms with Crippen LogP contribution in [-0.4, -0.2) is 31.1 Å². The normalized spacial score (nSPS) is 14.1. The van der Waals surface area contributed by atoms with E-state index in [0.29, 0.717) is 36.0 Å². The zero-order chi connectivity index (χ0) is 20.1. The van der Waals surface area contributed by atoms with Crippen molar-refractivity contribution in [3.8, 4) is 11.5 Å². The van der Waals surface area contributed by atoms with Crippen LogP contribution in [0.1, 0.15) is 36.2 Å². The first-order valence-electron chi connectivity index (χ1n) is 9.52. The minimum Gasteiger partial charge on any atom is -0.490 e. The van der Waals surface area contributed by atoms with Gasteiger partial charge in [0.2, 0.25) is 5.91 Å². The van der Waals surface area contributed by atoms with Gasteiger partial charge in [-0.1, -0.05) is 31.5 Å². The Hall–Kier alpha value is -3.02. The molecule has 2 N–H and O–H groups in total. The molecule has 3 rings (SSSR count). The summed E-state index contributed by atoms with van der Waals surface area (Å²) in [5, 5.41) is 5.71. The summed E-state index contributed by atoms with van der Waals surface area (Å²) in [7, 11) is 0. The number of hydrogen-bond acceptors (Lipinski definition) is 4. The second kappa shape index (κ2) is 8.78. The third-order valence-electron chi connectivity index (χ3n) is 4.56. The van der Waals surface area contributed by atoms with Crippen molar-refractivity contribution in [2.45, 2.75) is 33.2 Å². The van der Waals surface area contributed by atoms with Crippen molar-refractivity contribution in [2.24, 2.45) is 5.92 Å². The van der Waals surface area contributed by atoms with Gasteiger partial charge in [-0.3, -0.25) is 9.59 Å². The summed E-state index contributed by atoms with van der Waals surface area (Å²) < 4.78 is 11.3. The molecule has 6 heteroatoms. The standard InChI is InChI=1S/C22H26N2O4/c1-14(2)20(24-21(25)16-7-5-15(3)6-8-16)22(26)23-17-9-10-18-19(13-17)28-12-4-11-27-18/h5-10,13-14,20H,4,11-12H2,1-3H3,(H,23,26)(H,24,25). The van der Waals surface area contributed by atoms with E-state index in [9.17, 15) is 9.59 Å². The molecule has 28 heavy (non-hydrogen) atoms. The summed E-state index contributed by atoms with van der Waals surface area (Å²) in [6.07, 6.45) is 0.816. The van der Waals surface area contributed by atoms with Gasteiger partial charge in [0, 0.05) is 23.7 Å². The maximum atomic E-state index is 12.8. The minimum atomic E-state index is -0.662. The Morgan fingerprint density at radius 3 is 2.32 bits per heavy atom. The molecule has 0 saturated carbocycles. The molecule has 1 aliphatic rings. The molecule has 1 atom stereocenters. The summed E-state index contributed by atoms with van der Waals surface area (Å²) in [6, 6.07) is 11.9. The molecule has 6 nitrogen and oxygen atoms in total. The van der Waals surface area contributed by atoms with Crippen LogP contribution < -0.4 is 20.1 Å². The van der Waals surface area contributed by atoms with Crippen molar-refractivity contribution in [2.75, 3.05) is 18.5 Å². The van der Waals surface area contributed by atoms with Gasteiger partial charge in [0.1, 0.15) is 6.04 Å². The molecule has 0 fully saturated rings. The first kappa shape index (κ1) is 19.7. The van der Waals surface area contributed by atoms with Gasteiger partial charge in [0.15, 0.2) is 11.5 Å². The van der Waals surface area contributed by atoms with Gasteiger partial charge in [-0.15, -0.1) is 0 Å². The van der Waals surface area contributed by atoms with E-state index in [0.717, 1.165) is 12.0 Å². The Labute approximate surface area is 165 Å². The summed E-state index contributed by atoms with van der Waals surface area (Å²) in [6.45, 7) is 6.94. The zero-order valence-electron chi connectivity index (χ0n) is 16.5. The number of benzene rings is 2. The molecule has 1 unspecified atom stereocenters. The molecule has 2 aromatic carbocycles. The highest BCUT2D eigenvalue weighted by Gasteiger charge is 2.25. The van der Waals surface area contributed by atoms with Crippen molar-refractivity contribution in [1.82, 2.24) is 5.32 Å². The van der Waals surface area contributed by atoms with E-state index >= 15 is 0 Å². The molecule has 2 amide bonds. The molecule has 0 radical (unpaired) electrons. The van der Waals surface area contributed by atoms with Gasteiger partial charge in [-0.05, 0) is 37.1 Å². The highest BCUT2D eigenvalue weighted by molar-refractivity contribution is 6.01. The number of anilines is 1. The summed E-state index contributed by atoms with van der Waals surface area (Å²) in [5.41, 5.74) is 2.20. The summed E-state index contributed by atoms with van der Waals surface area (Å²) >= 11 is 0. The number of fused-ring (bicyclic) bond motifs is 1. The van der Waals surface area contributed by atoms with Crippen LogP contribution in [0.3, 0.4) is 0 Å². The summed E-state index contributed by atoms with van der Waals surface area (Å²) in [5.74, 6) is 0.663. The number of ether oxygens (including phenoxy) is 2. The summed E-state index contributed by atoms with van der Waals surface area (Å²) in [4.78, 5) is 25.3. The smallest absolute Gasteiger partial charge is 0.251 e. The topological polar surface area (TPSA) is 76.7 Å². The molecule has 2 aromatic rings. The molecule has 0 spiro atoms. The lowest BCUT2D eigenvalue weighted by Gasteiger charge is -2.22. The second-order valence-electron chi connectivity index (χ2n) is 7.26. The fraction of sp³-hybridized carbons (Fsp3) is 0.364. The zero-order valence-corrected chi connectivity index (χ0v) is 16.5. The molecule has 0 saturated heterocycles. The minimum absolute atomic E-state index is 0.0743. The molecule has 0 bridgehead atoms. The third kappa shape index (κ3) is 4.82. The van der Waals surface area contributed by atoms with Crippen molar-refractivity contribution < 1.29 is 19.1 Å². The van der Waals surface area contributed by atoms with Crippen LogP contribution in [0.15, 0.2) is 42.5 Å². The van der Waals surface area contributed by atoms with Gasteiger partial charge < -0.3 is 20.1 Å². The number of rotatable bonds is 5. The number of aryl methyl sites for hydroxylation is 1. The molecule has 0 aliphatic carbocycles. The van der Waals surface area contributed by atoms with E-state index in [-0.39, 0.29) is 17.7 Å². The van der Waals surface area contributed by atoms with Crippen LogP contribution in [0.5, 0.6) is 11.5 Å². The third-order valence-corrected chi connectivity index (χ3v) is 4.56. The Morgan fingerprint density at radius 1 is 0.964 bits per heavy atom. The number of amides is 2. The Bertz CT molecular complexity index is 846. The lowest BCUT2D eigenvalue weighted by atomic mass is 10.0. The molecule has 148 valence electrons. The van der Waals surface area contributed by atoms with E-state index in [1.165, 1.54) is 0 Å². The highest BCUT2D eigenvalue weighted by atomic mass is 16.5. The van der Waals surface area contributed by atoms with Gasteiger partial charge in [0.25, 0.3) is 5.91 Å². The number of carbonyl (C=O) groups is 2. The van der Waals surface area contributed by atoms with Crippen molar-refractivity contribution in [3.05, 3.63) is 53.6 Å². The fourth-order valence-electron chi connectivity index (χ4n) is 2.93. The Kier molecular flexibility index (Phi) is 6.19. The Balaban J connectivity index is 1.70. The van der Waals surface area contributed by atoms with E-state index in [4.69, 9.17) is 9.47 Å². The SMILES string of the molecule is Cc1ccc(C(=O)NC(C(=O)Nc2ccc3c(c2)OCCCO3)C(C)C)cc1. The van der Waals surface area contributed by atoms with Gasteiger partial charge >= 0.3 is 0 Å². The van der Waals surface area contributed by atoms with Crippen LogP contribution in [0, 0.1) is 12.8 Å². The number of nitrogens with one attached hydrogen (secondary N) is 2. The fourth-order valence-corrected chi connectivity index (χ4v) is 2.93. The van der Waals surface area contributed by atoms with Crippen molar-refractivity contribution in [1.29, 1.82) is 0 Å². The average molecular weight is 382 g/mol. The van der Waals surface area contributed by atoms with E-state index < -0.39 is 6.04 Å². The van der Waals surface area contributed by atoms with Crippen LogP contribution in [0.25, 0.3) is 0 Å². The number of carbonyl (C=O) groups excluding carboxylic acids is 2. The first-order valence-corrected chi connectivity index (χ1v) is 9.52. The second-order valence-corrected chi connectivity index (χ2v) is 7.26. The molecular weight excluding hydrogens is 356 g/mol. The molecule has 1 aliphatic heterocycles. The lowest BCUT2D eigenvalue weighted by molar-refractivity contribution is -0.118. The first-order chi connectivity index (χ1) is 13.4. The van der Waals surface area contributed by atoms with Crippen LogP contribution >= 0.6 is 0 Å². The average Bonchev–Trinajstić information content (AvgIpc) is 2.91. The van der Waals surface area contributed by atoms with Gasteiger partial charge in [-0.25, -0.2) is 0 Å². The van der Waals surface area contributed by atoms with E-state index in [2.05, 4.69) is 10.6 Å². The highest BCUT2D eigenvalue weighted by Crippen LogP contribution is 2.32. The quantitative estimate of drug-likeness (QED) is 0.829. The van der Waals surface area contributed by atoms with Gasteiger partial charge in [-0.2, -0.15) is 0 Å². The van der Waals surface area contributed by atoms with Crippen LogP contribution in [-0.2, 0) is 4.79 Å². The largest absolute Gasteiger partial charge is 0.490 e. The van der Waals surface area contributed by atoms with Crippen molar-refractivity contribution in [3.63, 3.8) is 0 Å². The monoisotopic (exact) mass is 382 g/mol. The lowest BCUT2D eigenvalue weighted by Crippen LogP contribution is -2.47.